The van der Waals surface area contributed by atoms with E-state index in [0.717, 1.165) is 11.1 Å². The van der Waals surface area contributed by atoms with Crippen molar-refractivity contribution in [1.29, 1.82) is 0 Å². The minimum Gasteiger partial charge on any atom is -0.388 e. The van der Waals surface area contributed by atoms with Crippen LogP contribution in [0.4, 0.5) is 0 Å². The van der Waals surface area contributed by atoms with Crippen LogP contribution in [0.1, 0.15) is 29.7 Å². The van der Waals surface area contributed by atoms with Crippen LogP contribution in [0.3, 0.4) is 0 Å². The molecule has 2 unspecified atom stereocenters. The first-order valence-electron chi connectivity index (χ1n) is 16.4. The second-order valence-corrected chi connectivity index (χ2v) is 14.7. The molecule has 5 aliphatic heterocycles. The van der Waals surface area contributed by atoms with Gasteiger partial charge in [0, 0.05) is 23.5 Å². The average Bonchev–Trinajstić information content (AvgIpc) is 3.97. The van der Waals surface area contributed by atoms with Gasteiger partial charge < -0.3 is 43.2 Å². The lowest BCUT2D eigenvalue weighted by Crippen LogP contribution is -2.57. The van der Waals surface area contributed by atoms with Crippen LogP contribution in [0.5, 0.6) is 0 Å². The van der Waals surface area contributed by atoms with E-state index in [-0.39, 0.29) is 49.5 Å². The average molecular weight is 944 g/mol. The first-order valence-corrected chi connectivity index (χ1v) is 18.5. The number of hydrogen-bond donors (Lipinski definition) is 4. The van der Waals surface area contributed by atoms with Gasteiger partial charge in [-0.2, -0.15) is 0 Å². The number of ether oxygens (including phenoxy) is 7. The first-order chi connectivity index (χ1) is 25.2. The van der Waals surface area contributed by atoms with Gasteiger partial charge in [-0.15, -0.1) is 0 Å². The molecule has 10 atom stereocenters. The van der Waals surface area contributed by atoms with Crippen LogP contribution in [0.15, 0.2) is 92.2 Å². The molecular formula is C34H34I2N4O12. The molecule has 0 spiro atoms. The Morgan fingerprint density at radius 2 is 1.17 bits per heavy atom. The monoisotopic (exact) mass is 944 g/mol. The quantitative estimate of drug-likeness (QED) is 0.170. The molecule has 18 heteroatoms. The van der Waals surface area contributed by atoms with Gasteiger partial charge in [0.2, 0.25) is 0 Å². The predicted molar refractivity (Wildman–Crippen MR) is 198 cm³/mol. The zero-order valence-electron chi connectivity index (χ0n) is 27.2. The predicted octanol–water partition coefficient (Wildman–Crippen LogP) is 1.49. The molecular weight excluding hydrogens is 910 g/mol. The topological polar surface area (TPSA) is 209 Å². The van der Waals surface area contributed by atoms with Gasteiger partial charge in [-0.3, -0.25) is 24.1 Å². The molecule has 2 aromatic heterocycles. The van der Waals surface area contributed by atoms with Gasteiger partial charge in [-0.05, 0) is 45.2 Å². The fourth-order valence-electron chi connectivity index (χ4n) is 6.22. The Kier molecular flexibility index (Phi) is 11.8. The lowest BCUT2D eigenvalue weighted by molar-refractivity contribution is -0.306. The summed E-state index contributed by atoms with van der Waals surface area (Å²) in [6, 6.07) is 18.7. The molecule has 9 rings (SSSR count). The van der Waals surface area contributed by atoms with Gasteiger partial charge in [-0.25, -0.2) is 9.59 Å². The van der Waals surface area contributed by atoms with Crippen molar-refractivity contribution in [2.75, 3.05) is 26.4 Å². The number of aliphatic hydroxyl groups is 1. The van der Waals surface area contributed by atoms with Gasteiger partial charge in [0.25, 0.3) is 11.1 Å². The molecule has 0 radical (unpaired) electrons. The van der Waals surface area contributed by atoms with Crippen molar-refractivity contribution in [3.8, 4) is 0 Å². The number of aliphatic hydroxyl groups excluding tert-OH is 1. The summed E-state index contributed by atoms with van der Waals surface area (Å²) in [5.74, 6) is 0. The molecule has 5 saturated heterocycles. The molecule has 16 nitrogen and oxygen atoms in total. The van der Waals surface area contributed by atoms with Gasteiger partial charge in [0.15, 0.2) is 12.6 Å². The van der Waals surface area contributed by atoms with E-state index in [1.807, 2.05) is 106 Å². The highest BCUT2D eigenvalue weighted by Gasteiger charge is 2.55. The van der Waals surface area contributed by atoms with E-state index in [1.54, 1.807) is 0 Å². The number of hydrogen-bond acceptors (Lipinski definition) is 12. The molecule has 5 aliphatic rings. The Morgan fingerprint density at radius 1 is 0.635 bits per heavy atom. The van der Waals surface area contributed by atoms with Gasteiger partial charge in [0.1, 0.15) is 42.7 Å². The molecule has 0 bridgehead atoms. The molecule has 0 amide bonds. The maximum absolute atomic E-state index is 12.2. The van der Waals surface area contributed by atoms with Crippen molar-refractivity contribution in [3.63, 3.8) is 0 Å². The fourth-order valence-corrected chi connectivity index (χ4v) is 6.95. The summed E-state index contributed by atoms with van der Waals surface area (Å²) in [7, 11) is 0. The Morgan fingerprint density at radius 3 is 1.79 bits per heavy atom. The van der Waals surface area contributed by atoms with E-state index in [1.165, 1.54) is 17.0 Å². The standard InChI is InChI=1S/C17H17IN2O6.C13H14O4.C4H3IN2O2/c18-10-6-20(17(23)19-15(10)22)11-7-24-12-8-25-16(26-14(12)13(11)21)9-4-2-1-3-5-9;1-2-4-8(5-3-1)13-15-6-9-11(17-13)12-10(16-12)7-14-9;5-2-1-6-4(9)7-3(2)8/h1-6,11-14,16,21H,7-8H2,(H,19,22,23);1-5,9-13H,6-7H2;1H,(H2,6,7,8,9)/t11-,12-,13+,14-,16?;9-,10+,11-,12+,13?;/m11./s1. The number of H-pyrrole nitrogens is 3. The molecule has 7 heterocycles. The minimum atomic E-state index is -0.983. The van der Waals surface area contributed by atoms with Gasteiger partial charge in [0.05, 0.1) is 39.6 Å². The highest BCUT2D eigenvalue weighted by atomic mass is 127. The number of rotatable bonds is 3. The molecule has 4 N–H and O–H groups in total. The molecule has 0 aliphatic carbocycles. The molecule has 52 heavy (non-hydrogen) atoms. The maximum Gasteiger partial charge on any atom is 0.328 e. The number of nitrogens with one attached hydrogen (secondary N) is 3. The summed E-state index contributed by atoms with van der Waals surface area (Å²) in [6.45, 7) is 1.66. The third-order valence-electron chi connectivity index (χ3n) is 8.95. The summed E-state index contributed by atoms with van der Waals surface area (Å²) in [6.07, 6.45) is 0.341. The maximum atomic E-state index is 12.2. The second kappa shape index (κ2) is 16.5. The number of aromatic amines is 3. The summed E-state index contributed by atoms with van der Waals surface area (Å²) in [4.78, 5) is 51.2. The number of epoxide rings is 1. The molecule has 0 saturated carbocycles. The van der Waals surface area contributed by atoms with E-state index in [2.05, 4.69) is 15.0 Å². The van der Waals surface area contributed by atoms with Crippen LogP contribution in [0.2, 0.25) is 0 Å². The lowest BCUT2D eigenvalue weighted by Gasteiger charge is -2.45. The third-order valence-corrected chi connectivity index (χ3v) is 10.5. The molecule has 5 fully saturated rings. The van der Waals surface area contributed by atoms with Crippen molar-refractivity contribution >= 4 is 45.2 Å². The van der Waals surface area contributed by atoms with E-state index in [4.69, 9.17) is 33.2 Å². The van der Waals surface area contributed by atoms with Crippen molar-refractivity contribution in [2.24, 2.45) is 0 Å². The number of halogens is 2. The SMILES string of the molecule is O=c1[nH]c(=O)n([C@@H]2CO[C@@H]3COC(c4ccccc4)O[C@H]3[C@H]2O)cc1I.O=c1[nH]cc(I)c(=O)[nH]1.c1ccc(C2OC[C@H]3OC[C@@H]4O[C@@H]4[C@@H]3O2)cc1. The summed E-state index contributed by atoms with van der Waals surface area (Å²) >= 11 is 3.67. The zero-order valence-corrected chi connectivity index (χ0v) is 31.5. The highest BCUT2D eigenvalue weighted by molar-refractivity contribution is 14.1. The highest BCUT2D eigenvalue weighted by Crippen LogP contribution is 2.40. The van der Waals surface area contributed by atoms with Crippen molar-refractivity contribution in [3.05, 3.63) is 133 Å². The fraction of sp³-hybridized carbons (Fsp3) is 0.412. The van der Waals surface area contributed by atoms with Crippen LogP contribution in [-0.4, -0.2) is 93.8 Å². The normalized spacial score (nSPS) is 31.6. The van der Waals surface area contributed by atoms with Crippen molar-refractivity contribution in [2.45, 2.75) is 61.3 Å². The van der Waals surface area contributed by atoms with Crippen LogP contribution >= 0.6 is 45.2 Å². The van der Waals surface area contributed by atoms with E-state index in [9.17, 15) is 24.3 Å². The summed E-state index contributed by atoms with van der Waals surface area (Å²) < 4.78 is 42.4. The minimum absolute atomic E-state index is 0.0210. The third kappa shape index (κ3) is 8.50. The number of nitrogens with zero attached hydrogens (tertiary/aromatic N) is 1. The largest absolute Gasteiger partial charge is 0.388 e. The smallest absolute Gasteiger partial charge is 0.328 e. The first kappa shape index (κ1) is 37.3. The number of benzene rings is 2. The Balaban J connectivity index is 0.000000137. The Labute approximate surface area is 322 Å². The van der Waals surface area contributed by atoms with E-state index >= 15 is 0 Å². The van der Waals surface area contributed by atoms with Crippen molar-refractivity contribution in [1.82, 2.24) is 19.5 Å². The molecule has 276 valence electrons. The van der Waals surface area contributed by atoms with Crippen LogP contribution in [0, 0.1) is 7.14 Å². The van der Waals surface area contributed by atoms with Crippen LogP contribution in [-0.2, 0) is 33.2 Å². The van der Waals surface area contributed by atoms with Crippen molar-refractivity contribution < 1.29 is 38.3 Å². The summed E-state index contributed by atoms with van der Waals surface area (Å²) in [5.41, 5.74) is 0.0279. The number of aromatic nitrogens is 4. The number of fused-ring (bicyclic) bond motifs is 4. The van der Waals surface area contributed by atoms with Gasteiger partial charge in [-0.1, -0.05) is 60.7 Å². The molecule has 4 aromatic rings. The van der Waals surface area contributed by atoms with Crippen LogP contribution in [0.25, 0.3) is 0 Å². The van der Waals surface area contributed by atoms with Crippen LogP contribution < -0.4 is 22.5 Å². The second-order valence-electron chi connectivity index (χ2n) is 12.4. The molecule has 2 aromatic carbocycles. The Hall–Kier alpha value is -3.06. The van der Waals surface area contributed by atoms with E-state index in [0.29, 0.717) is 20.4 Å². The van der Waals surface area contributed by atoms with Gasteiger partial charge >= 0.3 is 11.4 Å². The Bertz CT molecular complexity index is 2060. The lowest BCUT2D eigenvalue weighted by atomic mass is 9.97. The zero-order chi connectivity index (χ0) is 36.4. The summed E-state index contributed by atoms with van der Waals surface area (Å²) in [5, 5.41) is 10.9. The van der Waals surface area contributed by atoms with E-state index < -0.39 is 47.6 Å².